The summed E-state index contributed by atoms with van der Waals surface area (Å²) in [5.41, 5.74) is 0. The predicted octanol–water partition coefficient (Wildman–Crippen LogP) is 0.415. The molecule has 0 spiro atoms. The van der Waals surface area contributed by atoms with Gasteiger partial charge in [0.2, 0.25) is 0 Å². The molecule has 2 rings (SSSR count). The van der Waals surface area contributed by atoms with E-state index < -0.39 is 10.2 Å². The summed E-state index contributed by atoms with van der Waals surface area (Å²) in [6, 6.07) is 0. The van der Waals surface area contributed by atoms with Gasteiger partial charge in [0.15, 0.2) is 0 Å². The Labute approximate surface area is 83.5 Å². The molecule has 1 aromatic heterocycles. The van der Waals surface area contributed by atoms with Crippen LogP contribution in [0.25, 0.3) is 0 Å². The Bertz CT molecular complexity index is 431. The highest BCUT2D eigenvalue weighted by molar-refractivity contribution is 7.87. The molecule has 0 aliphatic heterocycles. The molecule has 78 valence electrons. The molecule has 0 amide bonds. The summed E-state index contributed by atoms with van der Waals surface area (Å²) in [5, 5.41) is 0. The Morgan fingerprint density at radius 2 is 2.14 bits per heavy atom. The van der Waals surface area contributed by atoms with Crippen LogP contribution in [0.4, 0.5) is 0 Å². The van der Waals surface area contributed by atoms with Gasteiger partial charge in [-0.15, -0.1) is 0 Å². The molecule has 1 saturated carbocycles. The molecule has 1 aliphatic carbocycles. The summed E-state index contributed by atoms with van der Waals surface area (Å²) in [7, 11) is -0.342. The van der Waals surface area contributed by atoms with E-state index in [9.17, 15) is 8.42 Å². The minimum Gasteiger partial charge on any atom is -0.240 e. The molecule has 14 heavy (non-hydrogen) atoms. The fraction of sp³-hybridized carbons (Fsp3) is 0.625. The minimum absolute atomic E-state index is 0.333. The van der Waals surface area contributed by atoms with Gasteiger partial charge in [-0.2, -0.15) is 12.7 Å². The van der Waals surface area contributed by atoms with Crippen LogP contribution >= 0.6 is 0 Å². The van der Waals surface area contributed by atoms with Gasteiger partial charge in [0.1, 0.15) is 5.82 Å². The van der Waals surface area contributed by atoms with E-state index in [2.05, 4.69) is 4.98 Å². The molecular formula is C8H13N3O2S. The number of nitrogens with zero attached hydrogens (tertiary/aromatic N) is 3. The Hall–Kier alpha value is -0.880. The molecular weight excluding hydrogens is 202 g/mol. The number of aromatic nitrogens is 2. The zero-order chi connectivity index (χ0) is 10.3. The molecule has 5 nitrogen and oxygen atoms in total. The average Bonchev–Trinajstić information content (AvgIpc) is 2.83. The lowest BCUT2D eigenvalue weighted by Gasteiger charge is -2.13. The van der Waals surface area contributed by atoms with Crippen molar-refractivity contribution in [3.63, 3.8) is 0 Å². The lowest BCUT2D eigenvalue weighted by atomic mass is 10.4. The van der Waals surface area contributed by atoms with E-state index >= 15 is 0 Å². The summed E-state index contributed by atoms with van der Waals surface area (Å²) in [5.74, 6) is 0.999. The van der Waals surface area contributed by atoms with Crippen LogP contribution in [0.15, 0.2) is 12.4 Å². The quantitative estimate of drug-likeness (QED) is 0.734. The Morgan fingerprint density at radius 1 is 1.50 bits per heavy atom. The van der Waals surface area contributed by atoms with Crippen molar-refractivity contribution in [1.29, 1.82) is 0 Å². The summed E-state index contributed by atoms with van der Waals surface area (Å²) < 4.78 is 26.1. The predicted molar refractivity (Wildman–Crippen MR) is 52.2 cm³/mol. The lowest BCUT2D eigenvalue weighted by molar-refractivity contribution is 0.508. The van der Waals surface area contributed by atoms with Crippen LogP contribution in [0.1, 0.15) is 24.6 Å². The number of hydrogen-bond donors (Lipinski definition) is 0. The van der Waals surface area contributed by atoms with Crippen molar-refractivity contribution in [2.75, 3.05) is 14.1 Å². The monoisotopic (exact) mass is 215 g/mol. The van der Waals surface area contributed by atoms with Crippen LogP contribution in [-0.2, 0) is 10.2 Å². The average molecular weight is 215 g/mol. The van der Waals surface area contributed by atoms with Crippen LogP contribution in [0.3, 0.4) is 0 Å². The SMILES string of the molecule is CN(C)S(=O)(=O)n1ccnc1C1CC1. The Balaban J connectivity index is 2.45. The van der Waals surface area contributed by atoms with Gasteiger partial charge in [0, 0.05) is 32.4 Å². The van der Waals surface area contributed by atoms with Crippen molar-refractivity contribution in [2.45, 2.75) is 18.8 Å². The van der Waals surface area contributed by atoms with Crippen molar-refractivity contribution >= 4 is 10.2 Å². The smallest absolute Gasteiger partial charge is 0.240 e. The topological polar surface area (TPSA) is 55.2 Å². The highest BCUT2D eigenvalue weighted by Crippen LogP contribution is 2.39. The molecule has 0 unspecified atom stereocenters. The molecule has 0 aromatic carbocycles. The van der Waals surface area contributed by atoms with E-state index in [0.717, 1.165) is 12.8 Å². The fourth-order valence-electron chi connectivity index (χ4n) is 1.30. The first-order valence-electron chi connectivity index (χ1n) is 4.50. The van der Waals surface area contributed by atoms with E-state index in [0.29, 0.717) is 11.7 Å². The van der Waals surface area contributed by atoms with Gasteiger partial charge in [0.25, 0.3) is 0 Å². The number of rotatable bonds is 3. The third-order valence-corrected chi connectivity index (χ3v) is 4.02. The van der Waals surface area contributed by atoms with Crippen molar-refractivity contribution in [1.82, 2.24) is 13.3 Å². The van der Waals surface area contributed by atoms with Gasteiger partial charge >= 0.3 is 10.2 Å². The van der Waals surface area contributed by atoms with Crippen molar-refractivity contribution in [2.24, 2.45) is 0 Å². The van der Waals surface area contributed by atoms with Crippen molar-refractivity contribution in [3.8, 4) is 0 Å². The zero-order valence-electron chi connectivity index (χ0n) is 8.21. The van der Waals surface area contributed by atoms with E-state index in [4.69, 9.17) is 0 Å². The first-order chi connectivity index (χ1) is 6.53. The second-order valence-electron chi connectivity index (χ2n) is 3.65. The van der Waals surface area contributed by atoms with Crippen molar-refractivity contribution in [3.05, 3.63) is 18.2 Å². The van der Waals surface area contributed by atoms with Gasteiger partial charge < -0.3 is 0 Å². The minimum atomic E-state index is -3.38. The molecule has 1 heterocycles. The summed E-state index contributed by atoms with van der Waals surface area (Å²) in [6.07, 6.45) is 5.12. The van der Waals surface area contributed by atoms with Crippen molar-refractivity contribution < 1.29 is 8.42 Å². The number of imidazole rings is 1. The van der Waals surface area contributed by atoms with Gasteiger partial charge in [-0.05, 0) is 12.8 Å². The second kappa shape index (κ2) is 3.06. The van der Waals surface area contributed by atoms with Crippen LogP contribution in [-0.4, -0.2) is 35.8 Å². The highest BCUT2D eigenvalue weighted by Gasteiger charge is 2.31. The van der Waals surface area contributed by atoms with Crippen LogP contribution < -0.4 is 0 Å². The van der Waals surface area contributed by atoms with Gasteiger partial charge in [-0.1, -0.05) is 0 Å². The maximum Gasteiger partial charge on any atom is 0.308 e. The van der Waals surface area contributed by atoms with Gasteiger partial charge in [0.05, 0.1) is 0 Å². The Morgan fingerprint density at radius 3 is 2.64 bits per heavy atom. The van der Waals surface area contributed by atoms with Gasteiger partial charge in [-0.25, -0.2) is 8.96 Å². The molecule has 1 aliphatic rings. The molecule has 0 bridgehead atoms. The molecule has 1 fully saturated rings. The van der Waals surface area contributed by atoms with E-state index in [1.807, 2.05) is 0 Å². The first kappa shape index (κ1) is 9.67. The fourth-order valence-corrected chi connectivity index (χ4v) is 2.29. The maximum atomic E-state index is 11.8. The molecule has 6 heteroatoms. The molecule has 0 saturated heterocycles. The zero-order valence-corrected chi connectivity index (χ0v) is 9.03. The maximum absolute atomic E-state index is 11.8. The Kier molecular flexibility index (Phi) is 2.11. The van der Waals surface area contributed by atoms with Crippen LogP contribution in [0.2, 0.25) is 0 Å². The third kappa shape index (κ3) is 1.44. The summed E-state index contributed by atoms with van der Waals surface area (Å²) in [4.78, 5) is 4.08. The van der Waals surface area contributed by atoms with Crippen LogP contribution in [0, 0.1) is 0 Å². The lowest BCUT2D eigenvalue weighted by Crippen LogP contribution is -2.29. The highest BCUT2D eigenvalue weighted by atomic mass is 32.2. The molecule has 0 radical (unpaired) electrons. The third-order valence-electron chi connectivity index (χ3n) is 2.29. The summed E-state index contributed by atoms with van der Waals surface area (Å²) in [6.45, 7) is 0. The molecule has 0 atom stereocenters. The molecule has 0 N–H and O–H groups in total. The van der Waals surface area contributed by atoms with E-state index in [-0.39, 0.29) is 0 Å². The van der Waals surface area contributed by atoms with Gasteiger partial charge in [-0.3, -0.25) is 0 Å². The summed E-state index contributed by atoms with van der Waals surface area (Å²) >= 11 is 0. The van der Waals surface area contributed by atoms with E-state index in [1.165, 1.54) is 34.8 Å². The second-order valence-corrected chi connectivity index (χ2v) is 5.67. The van der Waals surface area contributed by atoms with Crippen LogP contribution in [0.5, 0.6) is 0 Å². The van der Waals surface area contributed by atoms with E-state index in [1.54, 1.807) is 0 Å². The number of hydrogen-bond acceptors (Lipinski definition) is 3. The molecule has 1 aromatic rings. The largest absolute Gasteiger partial charge is 0.308 e. The first-order valence-corrected chi connectivity index (χ1v) is 5.89. The normalized spacial score (nSPS) is 17.6. The standard InChI is InChI=1S/C8H13N3O2S/c1-10(2)14(12,13)11-6-5-9-8(11)7-3-4-7/h5-7H,3-4H2,1-2H3.